The van der Waals surface area contributed by atoms with Crippen molar-refractivity contribution in [3.63, 3.8) is 0 Å². The third-order valence-corrected chi connectivity index (χ3v) is 3.72. The van der Waals surface area contributed by atoms with Crippen molar-refractivity contribution in [2.45, 2.75) is 19.3 Å². The van der Waals surface area contributed by atoms with Crippen LogP contribution in [-0.4, -0.2) is 26.4 Å². The number of phenols is 1. The average molecular weight is 378 g/mol. The normalized spacial score (nSPS) is 10.5. The molecule has 0 radical (unpaired) electrons. The first-order valence-corrected chi connectivity index (χ1v) is 7.57. The zero-order valence-corrected chi connectivity index (χ0v) is 14.6. The van der Waals surface area contributed by atoms with Crippen molar-refractivity contribution in [2.75, 3.05) is 6.54 Å². The summed E-state index contributed by atoms with van der Waals surface area (Å²) in [7, 11) is 0. The highest BCUT2D eigenvalue weighted by Gasteiger charge is 2.30. The van der Waals surface area contributed by atoms with Crippen molar-refractivity contribution in [3.05, 3.63) is 78.4 Å². The Morgan fingerprint density at radius 1 is 0.926 bits per heavy atom. The molecule has 144 valence electrons. The lowest BCUT2D eigenvalue weighted by atomic mass is 9.85. The SMILES string of the molecule is CC(C)(CN)c1ccccc1.O=[N+]([O-])c1cc([N+](=O)[O-])c(O)c([N+](=O)[O-])c1. The van der Waals surface area contributed by atoms with Crippen molar-refractivity contribution in [2.24, 2.45) is 5.73 Å². The van der Waals surface area contributed by atoms with Crippen LogP contribution in [0.25, 0.3) is 0 Å². The summed E-state index contributed by atoms with van der Waals surface area (Å²) in [6, 6.07) is 11.2. The number of aromatic hydroxyl groups is 1. The number of nitrogens with zero attached hydrogens (tertiary/aromatic N) is 3. The minimum Gasteiger partial charge on any atom is -0.497 e. The van der Waals surface area contributed by atoms with Crippen LogP contribution in [0.3, 0.4) is 0 Å². The summed E-state index contributed by atoms with van der Waals surface area (Å²) in [6.45, 7) is 5.00. The van der Waals surface area contributed by atoms with Crippen LogP contribution in [0, 0.1) is 30.3 Å². The molecule has 0 aromatic heterocycles. The summed E-state index contributed by atoms with van der Waals surface area (Å²) in [5.41, 5.74) is 4.06. The van der Waals surface area contributed by atoms with E-state index in [9.17, 15) is 30.3 Å². The van der Waals surface area contributed by atoms with Gasteiger partial charge in [0.15, 0.2) is 0 Å². The molecule has 3 N–H and O–H groups in total. The fourth-order valence-corrected chi connectivity index (χ4v) is 1.98. The van der Waals surface area contributed by atoms with Gasteiger partial charge in [0, 0.05) is 12.0 Å². The van der Waals surface area contributed by atoms with E-state index in [4.69, 9.17) is 10.8 Å². The van der Waals surface area contributed by atoms with Crippen molar-refractivity contribution >= 4 is 17.1 Å². The van der Waals surface area contributed by atoms with Crippen LogP contribution in [0.15, 0.2) is 42.5 Å². The smallest absolute Gasteiger partial charge is 0.324 e. The molecule has 11 nitrogen and oxygen atoms in total. The van der Waals surface area contributed by atoms with Gasteiger partial charge in [-0.15, -0.1) is 0 Å². The molecule has 2 aromatic rings. The van der Waals surface area contributed by atoms with E-state index >= 15 is 0 Å². The zero-order valence-electron chi connectivity index (χ0n) is 14.6. The fourth-order valence-electron chi connectivity index (χ4n) is 1.98. The van der Waals surface area contributed by atoms with E-state index in [0.717, 1.165) is 0 Å². The van der Waals surface area contributed by atoms with Gasteiger partial charge in [0.1, 0.15) is 0 Å². The fraction of sp³-hybridized carbons (Fsp3) is 0.250. The Bertz CT molecular complexity index is 818. The quantitative estimate of drug-likeness (QED) is 0.589. The third-order valence-electron chi connectivity index (χ3n) is 3.72. The topological polar surface area (TPSA) is 176 Å². The summed E-state index contributed by atoms with van der Waals surface area (Å²) >= 11 is 0. The van der Waals surface area contributed by atoms with Crippen LogP contribution in [-0.2, 0) is 5.41 Å². The van der Waals surface area contributed by atoms with Gasteiger partial charge in [0.2, 0.25) is 0 Å². The van der Waals surface area contributed by atoms with Crippen LogP contribution in [0.5, 0.6) is 5.75 Å². The first-order valence-electron chi connectivity index (χ1n) is 7.57. The van der Waals surface area contributed by atoms with Crippen LogP contribution in [0.1, 0.15) is 19.4 Å². The molecule has 0 fully saturated rings. The van der Waals surface area contributed by atoms with Gasteiger partial charge in [0.25, 0.3) is 11.4 Å². The molecule has 11 heteroatoms. The summed E-state index contributed by atoms with van der Waals surface area (Å²) in [4.78, 5) is 27.8. The molecule has 0 amide bonds. The molecular weight excluding hydrogens is 360 g/mol. The molecule has 2 aromatic carbocycles. The minimum atomic E-state index is -1.21. The van der Waals surface area contributed by atoms with Gasteiger partial charge in [0.05, 0.1) is 26.9 Å². The Kier molecular flexibility index (Phi) is 6.88. The van der Waals surface area contributed by atoms with Gasteiger partial charge >= 0.3 is 11.4 Å². The van der Waals surface area contributed by atoms with Gasteiger partial charge < -0.3 is 10.8 Å². The highest BCUT2D eigenvalue weighted by molar-refractivity contribution is 5.64. The lowest BCUT2D eigenvalue weighted by Gasteiger charge is -2.22. The summed E-state index contributed by atoms with van der Waals surface area (Å²) in [5, 5.41) is 40.2. The molecular formula is C16H18N4O7. The van der Waals surface area contributed by atoms with E-state index < -0.39 is 37.6 Å². The number of hydrogen-bond donors (Lipinski definition) is 2. The maximum atomic E-state index is 10.4. The molecule has 0 unspecified atom stereocenters. The van der Waals surface area contributed by atoms with E-state index in [0.29, 0.717) is 18.7 Å². The van der Waals surface area contributed by atoms with Gasteiger partial charge in [-0.1, -0.05) is 44.2 Å². The summed E-state index contributed by atoms with van der Waals surface area (Å²) in [5.74, 6) is -1.21. The second-order valence-corrected chi connectivity index (χ2v) is 6.06. The molecule has 0 aliphatic heterocycles. The number of nitro groups is 3. The standard InChI is InChI=1S/C10H15N.C6H3N3O7/c1-10(2,8-11)9-6-4-3-5-7-9;10-6-4(8(13)14)1-3(7(11)12)2-5(6)9(15)16/h3-7H,8,11H2,1-2H3;1-2,10H. The van der Waals surface area contributed by atoms with Crippen molar-refractivity contribution < 1.29 is 19.9 Å². The first kappa shape index (κ1) is 21.4. The number of phenolic OH excluding ortho intramolecular Hbond substituents is 1. The molecule has 0 saturated heterocycles. The molecule has 0 aliphatic carbocycles. The highest BCUT2D eigenvalue weighted by Crippen LogP contribution is 2.38. The summed E-state index contributed by atoms with van der Waals surface area (Å²) < 4.78 is 0. The van der Waals surface area contributed by atoms with Crippen LogP contribution in [0.2, 0.25) is 0 Å². The molecule has 0 aliphatic rings. The second-order valence-electron chi connectivity index (χ2n) is 6.06. The number of rotatable bonds is 5. The third kappa shape index (κ3) is 5.44. The zero-order chi connectivity index (χ0) is 20.8. The van der Waals surface area contributed by atoms with Crippen LogP contribution < -0.4 is 5.73 Å². The number of non-ortho nitro benzene ring substituents is 1. The van der Waals surface area contributed by atoms with Gasteiger partial charge in [-0.05, 0) is 5.56 Å². The Balaban J connectivity index is 0.000000289. The first-order chi connectivity index (χ1) is 12.5. The van der Waals surface area contributed by atoms with E-state index in [1.807, 2.05) is 18.2 Å². The number of hydrogen-bond acceptors (Lipinski definition) is 8. The van der Waals surface area contributed by atoms with E-state index in [1.54, 1.807) is 0 Å². The molecule has 0 atom stereocenters. The molecule has 0 spiro atoms. The Hall–Kier alpha value is -3.60. The predicted octanol–water partition coefficient (Wildman–Crippen LogP) is 3.04. The maximum Gasteiger partial charge on any atom is 0.324 e. The van der Waals surface area contributed by atoms with Gasteiger partial charge in [-0.2, -0.15) is 0 Å². The van der Waals surface area contributed by atoms with Crippen LogP contribution >= 0.6 is 0 Å². The number of nitro benzene ring substituents is 3. The highest BCUT2D eigenvalue weighted by atomic mass is 16.6. The second kappa shape index (κ2) is 8.67. The van der Waals surface area contributed by atoms with E-state index in [2.05, 4.69) is 26.0 Å². The van der Waals surface area contributed by atoms with E-state index in [-0.39, 0.29) is 5.41 Å². The van der Waals surface area contributed by atoms with Crippen LogP contribution in [0.4, 0.5) is 17.1 Å². The van der Waals surface area contributed by atoms with Crippen molar-refractivity contribution in [1.82, 2.24) is 0 Å². The summed E-state index contributed by atoms with van der Waals surface area (Å²) in [6.07, 6.45) is 0. The number of benzene rings is 2. The monoisotopic (exact) mass is 378 g/mol. The number of nitrogens with two attached hydrogens (primary N) is 1. The molecule has 27 heavy (non-hydrogen) atoms. The lowest BCUT2D eigenvalue weighted by molar-refractivity contribution is -0.404. The Labute approximate surface area is 153 Å². The Morgan fingerprint density at radius 3 is 1.70 bits per heavy atom. The molecule has 0 heterocycles. The van der Waals surface area contributed by atoms with Crippen molar-refractivity contribution in [3.8, 4) is 5.75 Å². The Morgan fingerprint density at radius 2 is 1.37 bits per heavy atom. The van der Waals surface area contributed by atoms with Crippen molar-refractivity contribution in [1.29, 1.82) is 0 Å². The lowest BCUT2D eigenvalue weighted by Crippen LogP contribution is -2.27. The average Bonchev–Trinajstić information content (AvgIpc) is 2.62. The maximum absolute atomic E-state index is 10.4. The molecule has 0 bridgehead atoms. The molecule has 0 saturated carbocycles. The molecule has 2 rings (SSSR count). The van der Waals surface area contributed by atoms with E-state index in [1.165, 1.54) is 5.56 Å². The van der Waals surface area contributed by atoms with Gasteiger partial charge in [-0.3, -0.25) is 30.3 Å². The predicted molar refractivity (Wildman–Crippen MR) is 96.6 cm³/mol. The minimum absolute atomic E-state index is 0.112. The largest absolute Gasteiger partial charge is 0.497 e. The van der Waals surface area contributed by atoms with Gasteiger partial charge in [-0.25, -0.2) is 0 Å².